The van der Waals surface area contributed by atoms with Gasteiger partial charge in [0, 0.05) is 36.4 Å². The molecule has 2 rings (SSSR count). The van der Waals surface area contributed by atoms with Gasteiger partial charge in [-0.1, -0.05) is 0 Å². The molecule has 3 nitrogen and oxygen atoms in total. The lowest BCUT2D eigenvalue weighted by atomic mass is 9.91. The molecule has 0 atom stereocenters. The van der Waals surface area contributed by atoms with Crippen LogP contribution in [0.2, 0.25) is 0 Å². The highest BCUT2D eigenvalue weighted by Crippen LogP contribution is 2.25. The second-order valence-electron chi connectivity index (χ2n) is 5.44. The number of hydrogen-bond acceptors (Lipinski definition) is 3. The Morgan fingerprint density at radius 3 is 2.75 bits per heavy atom. The van der Waals surface area contributed by atoms with Crippen LogP contribution in [0, 0.1) is 6.92 Å². The van der Waals surface area contributed by atoms with Crippen molar-refractivity contribution in [3.63, 3.8) is 0 Å². The molecule has 0 saturated carbocycles. The van der Waals surface area contributed by atoms with Crippen molar-refractivity contribution in [1.82, 2.24) is 9.88 Å². The first-order valence-corrected chi connectivity index (χ1v) is 5.85. The molecule has 1 aromatic rings. The quantitative estimate of drug-likeness (QED) is 0.779. The van der Waals surface area contributed by atoms with Crippen LogP contribution < -0.4 is 5.73 Å². The van der Waals surface area contributed by atoms with E-state index in [2.05, 4.69) is 24.9 Å². The highest BCUT2D eigenvalue weighted by Gasteiger charge is 2.22. The number of aryl methyl sites for hydroxylation is 1. The van der Waals surface area contributed by atoms with E-state index in [1.165, 1.54) is 16.8 Å². The molecule has 0 unspecified atom stereocenters. The summed E-state index contributed by atoms with van der Waals surface area (Å²) in [5.41, 5.74) is 10.7. The number of fused-ring (bicyclic) bond motifs is 1. The van der Waals surface area contributed by atoms with Crippen molar-refractivity contribution in [3.05, 3.63) is 28.6 Å². The summed E-state index contributed by atoms with van der Waals surface area (Å²) in [6.45, 7) is 8.23. The van der Waals surface area contributed by atoms with Gasteiger partial charge in [0.05, 0.1) is 0 Å². The SMILES string of the molecule is Cc1nc2c(cc1C(C)(C)N)CN(C)CC2. The van der Waals surface area contributed by atoms with Crippen LogP contribution in [0.3, 0.4) is 0 Å². The Hall–Kier alpha value is -0.930. The Kier molecular flexibility index (Phi) is 2.76. The molecule has 1 aliphatic rings. The minimum atomic E-state index is -0.303. The third-order valence-electron chi connectivity index (χ3n) is 3.25. The standard InChI is InChI=1S/C13H21N3/c1-9-11(13(2,3)14)7-10-8-16(4)6-5-12(10)15-9/h7H,5-6,8,14H2,1-4H3. The van der Waals surface area contributed by atoms with E-state index in [9.17, 15) is 0 Å². The van der Waals surface area contributed by atoms with E-state index in [-0.39, 0.29) is 5.54 Å². The fraction of sp³-hybridized carbons (Fsp3) is 0.615. The second-order valence-corrected chi connectivity index (χ2v) is 5.44. The van der Waals surface area contributed by atoms with Gasteiger partial charge in [-0.3, -0.25) is 4.98 Å². The van der Waals surface area contributed by atoms with E-state index >= 15 is 0 Å². The minimum absolute atomic E-state index is 0.303. The maximum atomic E-state index is 6.17. The number of rotatable bonds is 1. The smallest absolute Gasteiger partial charge is 0.0464 e. The van der Waals surface area contributed by atoms with Crippen molar-refractivity contribution >= 4 is 0 Å². The number of nitrogens with zero attached hydrogens (tertiary/aromatic N) is 2. The monoisotopic (exact) mass is 219 g/mol. The van der Waals surface area contributed by atoms with Gasteiger partial charge in [-0.05, 0) is 45.0 Å². The number of aromatic nitrogens is 1. The van der Waals surface area contributed by atoms with Crippen molar-refractivity contribution in [2.24, 2.45) is 5.73 Å². The van der Waals surface area contributed by atoms with Crippen molar-refractivity contribution in [3.8, 4) is 0 Å². The van der Waals surface area contributed by atoms with E-state index in [0.29, 0.717) is 0 Å². The van der Waals surface area contributed by atoms with Crippen molar-refractivity contribution in [1.29, 1.82) is 0 Å². The van der Waals surface area contributed by atoms with Crippen molar-refractivity contribution in [2.75, 3.05) is 13.6 Å². The lowest BCUT2D eigenvalue weighted by molar-refractivity contribution is 0.309. The summed E-state index contributed by atoms with van der Waals surface area (Å²) in [5, 5.41) is 0. The molecule has 0 fully saturated rings. The van der Waals surface area contributed by atoms with Gasteiger partial charge < -0.3 is 10.6 Å². The number of likely N-dealkylation sites (N-methyl/N-ethyl adjacent to an activating group) is 1. The van der Waals surface area contributed by atoms with Crippen LogP contribution >= 0.6 is 0 Å². The van der Waals surface area contributed by atoms with Crippen LogP contribution in [0.25, 0.3) is 0 Å². The fourth-order valence-electron chi connectivity index (χ4n) is 2.37. The van der Waals surface area contributed by atoms with E-state index in [1.54, 1.807) is 0 Å². The molecule has 2 heterocycles. The molecular weight excluding hydrogens is 198 g/mol. The average Bonchev–Trinajstić information content (AvgIpc) is 2.16. The largest absolute Gasteiger partial charge is 0.322 e. The molecule has 16 heavy (non-hydrogen) atoms. The van der Waals surface area contributed by atoms with Gasteiger partial charge in [0.1, 0.15) is 0 Å². The molecule has 2 N–H and O–H groups in total. The molecular formula is C13H21N3. The zero-order valence-corrected chi connectivity index (χ0v) is 10.7. The van der Waals surface area contributed by atoms with Gasteiger partial charge >= 0.3 is 0 Å². The maximum absolute atomic E-state index is 6.17. The summed E-state index contributed by atoms with van der Waals surface area (Å²) in [6, 6.07) is 2.24. The minimum Gasteiger partial charge on any atom is -0.322 e. The molecule has 0 spiro atoms. The van der Waals surface area contributed by atoms with Gasteiger partial charge in [-0.2, -0.15) is 0 Å². The highest BCUT2D eigenvalue weighted by atomic mass is 15.1. The topological polar surface area (TPSA) is 42.1 Å². The van der Waals surface area contributed by atoms with E-state index in [0.717, 1.165) is 25.2 Å². The Balaban J connectivity index is 2.47. The van der Waals surface area contributed by atoms with E-state index in [4.69, 9.17) is 10.7 Å². The lowest BCUT2D eigenvalue weighted by Gasteiger charge is -2.28. The summed E-state index contributed by atoms with van der Waals surface area (Å²) in [5.74, 6) is 0. The summed E-state index contributed by atoms with van der Waals surface area (Å²) in [4.78, 5) is 7.03. The Labute approximate surface area is 97.7 Å². The van der Waals surface area contributed by atoms with Crippen molar-refractivity contribution in [2.45, 2.75) is 39.3 Å². The number of pyridine rings is 1. The summed E-state index contributed by atoms with van der Waals surface area (Å²) in [7, 11) is 2.15. The van der Waals surface area contributed by atoms with Crippen LogP contribution in [-0.2, 0) is 18.5 Å². The van der Waals surface area contributed by atoms with Crippen LogP contribution in [0.4, 0.5) is 0 Å². The third kappa shape index (κ3) is 2.11. The lowest BCUT2D eigenvalue weighted by Crippen LogP contribution is -2.33. The molecule has 1 aromatic heterocycles. The average molecular weight is 219 g/mol. The predicted molar refractivity (Wildman–Crippen MR) is 66.2 cm³/mol. The van der Waals surface area contributed by atoms with Gasteiger partial charge in [0.15, 0.2) is 0 Å². The molecule has 88 valence electrons. The van der Waals surface area contributed by atoms with Gasteiger partial charge in [-0.15, -0.1) is 0 Å². The third-order valence-corrected chi connectivity index (χ3v) is 3.25. The van der Waals surface area contributed by atoms with Crippen molar-refractivity contribution < 1.29 is 0 Å². The summed E-state index contributed by atoms with van der Waals surface area (Å²) < 4.78 is 0. The molecule has 0 saturated heterocycles. The zero-order valence-electron chi connectivity index (χ0n) is 10.7. The van der Waals surface area contributed by atoms with Crippen LogP contribution in [-0.4, -0.2) is 23.5 Å². The molecule has 0 aromatic carbocycles. The molecule has 0 amide bonds. The maximum Gasteiger partial charge on any atom is 0.0464 e. The van der Waals surface area contributed by atoms with Crippen LogP contribution in [0.15, 0.2) is 6.07 Å². The fourth-order valence-corrected chi connectivity index (χ4v) is 2.37. The molecule has 0 aliphatic carbocycles. The Morgan fingerprint density at radius 2 is 2.12 bits per heavy atom. The normalized spacial score (nSPS) is 17.3. The zero-order chi connectivity index (χ0) is 11.9. The summed E-state index contributed by atoms with van der Waals surface area (Å²) in [6.07, 6.45) is 1.05. The molecule has 3 heteroatoms. The molecule has 0 radical (unpaired) electrons. The Morgan fingerprint density at radius 1 is 1.44 bits per heavy atom. The number of hydrogen-bond donors (Lipinski definition) is 1. The first-order valence-electron chi connectivity index (χ1n) is 5.85. The Bertz CT molecular complexity index is 404. The highest BCUT2D eigenvalue weighted by molar-refractivity contribution is 5.35. The van der Waals surface area contributed by atoms with E-state index in [1.807, 2.05) is 13.8 Å². The van der Waals surface area contributed by atoms with Gasteiger partial charge in [0.25, 0.3) is 0 Å². The summed E-state index contributed by atoms with van der Waals surface area (Å²) >= 11 is 0. The van der Waals surface area contributed by atoms with Crippen LogP contribution in [0.1, 0.15) is 36.4 Å². The number of nitrogens with two attached hydrogens (primary N) is 1. The van der Waals surface area contributed by atoms with E-state index < -0.39 is 0 Å². The molecule has 0 bridgehead atoms. The van der Waals surface area contributed by atoms with Crippen LogP contribution in [0.5, 0.6) is 0 Å². The first kappa shape index (κ1) is 11.6. The van der Waals surface area contributed by atoms with Gasteiger partial charge in [0.2, 0.25) is 0 Å². The first-order chi connectivity index (χ1) is 7.38. The van der Waals surface area contributed by atoms with Gasteiger partial charge in [-0.25, -0.2) is 0 Å². The predicted octanol–water partition coefficient (Wildman–Crippen LogP) is 1.57. The molecule has 1 aliphatic heterocycles. The second kappa shape index (κ2) is 3.82.